The Morgan fingerprint density at radius 2 is 1.96 bits per heavy atom. The van der Waals surface area contributed by atoms with E-state index in [4.69, 9.17) is 15.2 Å². The Morgan fingerprint density at radius 3 is 2.58 bits per heavy atom. The van der Waals surface area contributed by atoms with Crippen molar-refractivity contribution < 1.29 is 9.47 Å². The van der Waals surface area contributed by atoms with E-state index in [9.17, 15) is 5.26 Å². The molecular formula is C21H23N3O2. The minimum absolute atomic E-state index is 0.246. The van der Waals surface area contributed by atoms with Crippen LogP contribution >= 0.6 is 0 Å². The molecule has 5 rings (SSSR count). The number of hydrogen-bond acceptors (Lipinski definition) is 5. The molecule has 0 spiro atoms. The summed E-state index contributed by atoms with van der Waals surface area (Å²) in [6.07, 6.45) is 2.09. The molecule has 0 radical (unpaired) electrons. The third kappa shape index (κ3) is 2.11. The summed E-state index contributed by atoms with van der Waals surface area (Å²) in [7, 11) is 3.22. The number of nitriles is 1. The van der Waals surface area contributed by atoms with Crippen molar-refractivity contribution in [1.29, 1.82) is 5.26 Å². The van der Waals surface area contributed by atoms with Crippen molar-refractivity contribution in [3.05, 3.63) is 35.0 Å². The van der Waals surface area contributed by atoms with Crippen molar-refractivity contribution in [3.63, 3.8) is 0 Å². The smallest absolute Gasteiger partial charge is 0.161 e. The fourth-order valence-electron chi connectivity index (χ4n) is 4.65. The number of nitrogen functional groups attached to an aromatic ring is 1. The summed E-state index contributed by atoms with van der Waals surface area (Å²) < 4.78 is 10.8. The van der Waals surface area contributed by atoms with Crippen LogP contribution in [0.5, 0.6) is 11.5 Å². The van der Waals surface area contributed by atoms with Crippen molar-refractivity contribution in [1.82, 2.24) is 4.98 Å². The zero-order valence-corrected chi connectivity index (χ0v) is 15.6. The van der Waals surface area contributed by atoms with Crippen molar-refractivity contribution in [2.75, 3.05) is 20.0 Å². The molecule has 1 heterocycles. The van der Waals surface area contributed by atoms with Gasteiger partial charge in [0.15, 0.2) is 11.5 Å². The van der Waals surface area contributed by atoms with E-state index in [0.717, 1.165) is 29.7 Å². The molecule has 5 heteroatoms. The molecular weight excluding hydrogens is 326 g/mol. The molecule has 2 aromatic rings. The second-order valence-electron chi connectivity index (χ2n) is 7.80. The zero-order valence-electron chi connectivity index (χ0n) is 15.6. The number of nitrogens with two attached hydrogens (primary N) is 1. The normalized spacial score (nSPS) is 22.0. The van der Waals surface area contributed by atoms with Gasteiger partial charge < -0.3 is 15.2 Å². The Balaban J connectivity index is 1.97. The maximum atomic E-state index is 9.74. The molecule has 1 saturated carbocycles. The molecule has 0 amide bonds. The first-order chi connectivity index (χ1) is 12.4. The molecule has 3 aliphatic carbocycles. The van der Waals surface area contributed by atoms with Gasteiger partial charge in [-0.15, -0.1) is 0 Å². The highest BCUT2D eigenvalue weighted by atomic mass is 16.5. The van der Waals surface area contributed by atoms with E-state index in [1.54, 1.807) is 14.2 Å². The van der Waals surface area contributed by atoms with Gasteiger partial charge in [-0.25, -0.2) is 4.98 Å². The average Bonchev–Trinajstić information content (AvgIpc) is 2.65. The molecule has 1 aromatic carbocycles. The summed E-state index contributed by atoms with van der Waals surface area (Å²) >= 11 is 0. The van der Waals surface area contributed by atoms with Gasteiger partial charge in [0.1, 0.15) is 17.5 Å². The highest BCUT2D eigenvalue weighted by molar-refractivity contribution is 5.81. The number of benzene rings is 1. The minimum Gasteiger partial charge on any atom is -0.493 e. The summed E-state index contributed by atoms with van der Waals surface area (Å²) in [6, 6.07) is 8.01. The second kappa shape index (κ2) is 5.63. The van der Waals surface area contributed by atoms with Crippen LogP contribution in [0, 0.1) is 22.7 Å². The van der Waals surface area contributed by atoms with E-state index in [-0.39, 0.29) is 5.41 Å². The molecule has 1 aromatic heterocycles. The van der Waals surface area contributed by atoms with E-state index in [1.165, 1.54) is 5.56 Å². The highest BCUT2D eigenvalue weighted by Crippen LogP contribution is 2.63. The number of aromatic nitrogens is 1. The molecule has 5 nitrogen and oxygen atoms in total. The molecule has 0 saturated heterocycles. The molecule has 2 bridgehead atoms. The van der Waals surface area contributed by atoms with Crippen molar-refractivity contribution >= 4 is 5.82 Å². The summed E-state index contributed by atoms with van der Waals surface area (Å²) in [5.41, 5.74) is 11.0. The maximum absolute atomic E-state index is 9.74. The molecule has 3 aliphatic rings. The average molecular weight is 349 g/mol. The Labute approximate surface area is 153 Å². The van der Waals surface area contributed by atoms with Crippen LogP contribution < -0.4 is 15.2 Å². The SMILES string of the molecule is COc1ccc(-c2c(C#N)c(N)nc3c2C[C@H]2C[C@@H]3C2(C)C)cc1OC. The number of ether oxygens (including phenoxy) is 2. The topological polar surface area (TPSA) is 81.2 Å². The number of anilines is 1. The quantitative estimate of drug-likeness (QED) is 0.909. The first kappa shape index (κ1) is 16.7. The Kier molecular flexibility index (Phi) is 3.62. The predicted molar refractivity (Wildman–Crippen MR) is 100 cm³/mol. The van der Waals surface area contributed by atoms with Gasteiger partial charge >= 0.3 is 0 Å². The predicted octanol–water partition coefficient (Wildman–Crippen LogP) is 3.91. The lowest BCUT2D eigenvalue weighted by Crippen LogP contribution is -2.48. The van der Waals surface area contributed by atoms with Crippen LogP contribution in [0.3, 0.4) is 0 Å². The number of methoxy groups -OCH3 is 2. The van der Waals surface area contributed by atoms with Crippen LogP contribution in [0.25, 0.3) is 11.1 Å². The molecule has 26 heavy (non-hydrogen) atoms. The van der Waals surface area contributed by atoms with E-state index < -0.39 is 0 Å². The van der Waals surface area contributed by atoms with Crippen molar-refractivity contribution in [2.45, 2.75) is 32.6 Å². The first-order valence-electron chi connectivity index (χ1n) is 8.87. The molecule has 2 atom stereocenters. The molecule has 134 valence electrons. The summed E-state index contributed by atoms with van der Waals surface area (Å²) in [4.78, 5) is 4.66. The van der Waals surface area contributed by atoms with Crippen LogP contribution in [0.1, 0.15) is 43.0 Å². The lowest BCUT2D eigenvalue weighted by atomic mass is 9.48. The highest BCUT2D eigenvalue weighted by Gasteiger charge is 2.54. The first-order valence-corrected chi connectivity index (χ1v) is 8.87. The maximum Gasteiger partial charge on any atom is 0.161 e. The van der Waals surface area contributed by atoms with Crippen LogP contribution in [0.4, 0.5) is 5.82 Å². The monoisotopic (exact) mass is 349 g/mol. The summed E-state index contributed by atoms with van der Waals surface area (Å²) in [5.74, 6) is 2.65. The third-order valence-electron chi connectivity index (χ3n) is 6.39. The van der Waals surface area contributed by atoms with Crippen LogP contribution in [0.15, 0.2) is 18.2 Å². The summed E-state index contributed by atoms with van der Waals surface area (Å²) in [5, 5.41) is 9.74. The van der Waals surface area contributed by atoms with Crippen molar-refractivity contribution in [2.24, 2.45) is 11.3 Å². The number of pyridine rings is 1. The van der Waals surface area contributed by atoms with Crippen molar-refractivity contribution in [3.8, 4) is 28.7 Å². The number of nitrogens with zero attached hydrogens (tertiary/aromatic N) is 2. The van der Waals surface area contributed by atoms with E-state index >= 15 is 0 Å². The fourth-order valence-corrected chi connectivity index (χ4v) is 4.65. The van der Waals surface area contributed by atoms with E-state index in [2.05, 4.69) is 24.9 Å². The van der Waals surface area contributed by atoms with Gasteiger partial charge in [0.2, 0.25) is 0 Å². The van der Waals surface area contributed by atoms with Gasteiger partial charge in [-0.2, -0.15) is 5.26 Å². The lowest BCUT2D eigenvalue weighted by Gasteiger charge is -2.56. The summed E-state index contributed by atoms with van der Waals surface area (Å²) in [6.45, 7) is 4.61. The Bertz CT molecular complexity index is 943. The van der Waals surface area contributed by atoms with Gasteiger partial charge in [-0.3, -0.25) is 0 Å². The van der Waals surface area contributed by atoms with Crippen LogP contribution in [-0.4, -0.2) is 19.2 Å². The Morgan fingerprint density at radius 1 is 1.23 bits per heavy atom. The zero-order chi connectivity index (χ0) is 18.6. The van der Waals surface area contributed by atoms with Gasteiger partial charge in [0, 0.05) is 11.5 Å². The molecule has 2 N–H and O–H groups in total. The lowest BCUT2D eigenvalue weighted by molar-refractivity contribution is 0.0158. The third-order valence-corrected chi connectivity index (χ3v) is 6.39. The fraction of sp³-hybridized carbons (Fsp3) is 0.429. The van der Waals surface area contributed by atoms with Crippen LogP contribution in [-0.2, 0) is 6.42 Å². The second-order valence-corrected chi connectivity index (χ2v) is 7.80. The number of hydrogen-bond donors (Lipinski definition) is 1. The Hall–Kier alpha value is -2.74. The molecule has 0 unspecified atom stereocenters. The van der Waals surface area contributed by atoms with Gasteiger partial charge in [0.05, 0.1) is 19.9 Å². The van der Waals surface area contributed by atoms with Crippen LogP contribution in [0.2, 0.25) is 0 Å². The van der Waals surface area contributed by atoms with Gasteiger partial charge in [-0.1, -0.05) is 19.9 Å². The molecule has 0 aliphatic heterocycles. The number of rotatable bonds is 3. The van der Waals surface area contributed by atoms with E-state index in [0.29, 0.717) is 34.7 Å². The van der Waals surface area contributed by atoms with Gasteiger partial charge in [0.25, 0.3) is 0 Å². The largest absolute Gasteiger partial charge is 0.493 e. The standard InChI is InChI=1S/C21H23N3O2/c1-21(2)12-8-13-18(11-5-6-16(25-3)17(7-11)26-4)14(10-22)20(23)24-19(13)15(21)9-12/h5-7,12,15H,8-9H2,1-4H3,(H2,23,24)/t12-,15-/m0/s1. The van der Waals surface area contributed by atoms with Gasteiger partial charge in [-0.05, 0) is 47.4 Å². The van der Waals surface area contributed by atoms with E-state index in [1.807, 2.05) is 18.2 Å². The molecule has 1 fully saturated rings. The minimum atomic E-state index is 0.246.